The van der Waals surface area contributed by atoms with Crippen LogP contribution in [0.25, 0.3) is 0 Å². The van der Waals surface area contributed by atoms with Gasteiger partial charge in [0.05, 0.1) is 12.2 Å². The van der Waals surface area contributed by atoms with E-state index in [2.05, 4.69) is 20.8 Å². The molecule has 4 aliphatic rings. The number of hydrogen-bond acceptors (Lipinski definition) is 6. The lowest BCUT2D eigenvalue weighted by Crippen LogP contribution is -2.61. The zero-order chi connectivity index (χ0) is 25.1. The van der Waals surface area contributed by atoms with Gasteiger partial charge in [0.15, 0.2) is 11.0 Å². The summed E-state index contributed by atoms with van der Waals surface area (Å²) in [6.07, 6.45) is 8.21. The number of Topliss-reactive ketones (excluding diaryl/α,β-unsaturated/α-hetero) is 1. The van der Waals surface area contributed by atoms with E-state index in [4.69, 9.17) is 5.73 Å². The highest BCUT2D eigenvalue weighted by molar-refractivity contribution is 7.87. The van der Waals surface area contributed by atoms with Gasteiger partial charge in [0.2, 0.25) is 0 Å². The second kappa shape index (κ2) is 9.40. The summed E-state index contributed by atoms with van der Waals surface area (Å²) in [5, 5.41) is 21.4. The van der Waals surface area contributed by atoms with Gasteiger partial charge in [-0.3, -0.25) is 9.35 Å². The van der Waals surface area contributed by atoms with Gasteiger partial charge in [-0.1, -0.05) is 33.6 Å². The van der Waals surface area contributed by atoms with E-state index in [-0.39, 0.29) is 47.0 Å². The molecule has 0 aromatic heterocycles. The number of aliphatic hydroxyl groups is 2. The summed E-state index contributed by atoms with van der Waals surface area (Å²) >= 11 is 0. The summed E-state index contributed by atoms with van der Waals surface area (Å²) < 4.78 is 32.3. The highest BCUT2D eigenvalue weighted by Gasteiger charge is 2.65. The molecular formula is C26H45NO6S. The normalized spacial score (nSPS) is 46.1. The lowest BCUT2D eigenvalue weighted by atomic mass is 9.43. The Morgan fingerprint density at radius 1 is 1.09 bits per heavy atom. The Morgan fingerprint density at radius 3 is 2.44 bits per heavy atom. The van der Waals surface area contributed by atoms with Crippen LogP contribution in [0.4, 0.5) is 0 Å². The fourth-order valence-corrected chi connectivity index (χ4v) is 10.0. The number of nitrogens with two attached hydrogens (primary N) is 1. The molecule has 8 heteroatoms. The average molecular weight is 500 g/mol. The first kappa shape index (κ1) is 26.5. The molecule has 0 radical (unpaired) electrons. The summed E-state index contributed by atoms with van der Waals surface area (Å²) in [6.45, 7) is 6.27. The molecule has 11 unspecified atom stereocenters. The highest BCUT2D eigenvalue weighted by Crippen LogP contribution is 2.68. The van der Waals surface area contributed by atoms with Gasteiger partial charge in [0, 0.05) is 13.0 Å². The van der Waals surface area contributed by atoms with Crippen molar-refractivity contribution in [3.8, 4) is 0 Å². The first-order valence-corrected chi connectivity index (χ1v) is 14.9. The Hall–Kier alpha value is -0.540. The van der Waals surface area contributed by atoms with E-state index >= 15 is 0 Å². The van der Waals surface area contributed by atoms with E-state index in [1.807, 2.05) is 0 Å². The van der Waals surface area contributed by atoms with Crippen LogP contribution in [0.3, 0.4) is 0 Å². The molecule has 0 saturated heterocycles. The van der Waals surface area contributed by atoms with Gasteiger partial charge in [-0.25, -0.2) is 0 Å². The molecule has 7 nitrogen and oxygen atoms in total. The van der Waals surface area contributed by atoms with Crippen molar-refractivity contribution in [2.45, 2.75) is 102 Å². The fraction of sp³-hybridized carbons (Fsp3) is 0.962. The molecule has 4 aliphatic carbocycles. The van der Waals surface area contributed by atoms with Crippen molar-refractivity contribution in [2.75, 3.05) is 6.54 Å². The van der Waals surface area contributed by atoms with Gasteiger partial charge in [-0.2, -0.15) is 8.42 Å². The molecule has 4 rings (SSSR count). The van der Waals surface area contributed by atoms with Crippen LogP contribution in [0.15, 0.2) is 0 Å². The Bertz CT molecular complexity index is 879. The molecule has 0 amide bonds. The maximum absolute atomic E-state index is 12.5. The second-order valence-electron chi connectivity index (χ2n) is 12.6. The van der Waals surface area contributed by atoms with Crippen LogP contribution in [0, 0.1) is 46.3 Å². The van der Waals surface area contributed by atoms with Crippen molar-refractivity contribution in [2.24, 2.45) is 52.1 Å². The molecular weight excluding hydrogens is 454 g/mol. The van der Waals surface area contributed by atoms with Crippen LogP contribution < -0.4 is 5.73 Å². The van der Waals surface area contributed by atoms with Crippen molar-refractivity contribution in [3.05, 3.63) is 0 Å². The van der Waals surface area contributed by atoms with E-state index in [1.54, 1.807) is 0 Å². The number of ketones is 1. The third-order valence-corrected chi connectivity index (χ3v) is 12.4. The van der Waals surface area contributed by atoms with E-state index in [1.165, 1.54) is 25.7 Å². The second-order valence-corrected chi connectivity index (χ2v) is 14.2. The first-order chi connectivity index (χ1) is 15.9. The number of rotatable bonds is 7. The number of fused-ring (bicyclic) bond motifs is 5. The van der Waals surface area contributed by atoms with Crippen LogP contribution in [0.5, 0.6) is 0 Å². The predicted octanol–water partition coefficient (Wildman–Crippen LogP) is 3.18. The standard InChI is InChI=1S/C26H45NO6S/c1-15(7-10-20(28)22(14-27)34(31,32)33)17-8-9-18-24-19(13-23(30)26(17,18)3)25(2)11-5-4-6-16(25)12-21(24)29/h15-19,21-24,29-30H,4-14,27H2,1-3H3,(H,31,32,33). The first-order valence-electron chi connectivity index (χ1n) is 13.4. The number of hydrogen-bond donors (Lipinski definition) is 4. The van der Waals surface area contributed by atoms with Crippen LogP contribution in [-0.2, 0) is 14.9 Å². The maximum atomic E-state index is 12.5. The van der Waals surface area contributed by atoms with Crippen molar-refractivity contribution in [1.29, 1.82) is 0 Å². The number of carbonyl (C=O) groups is 1. The Labute approximate surface area is 205 Å². The topological polar surface area (TPSA) is 138 Å². The summed E-state index contributed by atoms with van der Waals surface area (Å²) in [5.74, 6) is 1.15. The molecule has 0 heterocycles. The van der Waals surface area contributed by atoms with E-state index < -0.39 is 33.8 Å². The number of aliphatic hydroxyl groups excluding tert-OH is 2. The molecule has 5 N–H and O–H groups in total. The third kappa shape index (κ3) is 4.19. The van der Waals surface area contributed by atoms with Crippen LogP contribution in [-0.4, -0.2) is 53.0 Å². The van der Waals surface area contributed by atoms with E-state index in [9.17, 15) is 28.0 Å². The smallest absolute Gasteiger partial charge is 0.276 e. The molecule has 0 aliphatic heterocycles. The fourth-order valence-electron chi connectivity index (χ4n) is 9.34. The molecule has 0 aromatic carbocycles. The SMILES string of the molecule is CC(CCC(=O)C(CN)S(=O)(=O)O)C1CCC2C3C(O)CC4CCCCC4(C)C3CC(O)C12C. The molecule has 34 heavy (non-hydrogen) atoms. The van der Waals surface area contributed by atoms with Crippen molar-refractivity contribution in [1.82, 2.24) is 0 Å². The van der Waals surface area contributed by atoms with Gasteiger partial charge in [-0.15, -0.1) is 0 Å². The zero-order valence-corrected chi connectivity index (χ0v) is 21.8. The molecule has 0 spiro atoms. The predicted molar refractivity (Wildman–Crippen MR) is 130 cm³/mol. The monoisotopic (exact) mass is 499 g/mol. The largest absolute Gasteiger partial charge is 0.393 e. The van der Waals surface area contributed by atoms with Gasteiger partial charge in [0.1, 0.15) is 0 Å². The Balaban J connectivity index is 1.51. The summed E-state index contributed by atoms with van der Waals surface area (Å²) in [7, 11) is -4.50. The van der Waals surface area contributed by atoms with Gasteiger partial charge >= 0.3 is 0 Å². The molecule has 4 fully saturated rings. The van der Waals surface area contributed by atoms with Crippen molar-refractivity contribution in [3.63, 3.8) is 0 Å². The van der Waals surface area contributed by atoms with Gasteiger partial charge < -0.3 is 15.9 Å². The highest BCUT2D eigenvalue weighted by atomic mass is 32.2. The van der Waals surface area contributed by atoms with Crippen molar-refractivity contribution >= 4 is 15.9 Å². The summed E-state index contributed by atoms with van der Waals surface area (Å²) in [6, 6.07) is 0. The summed E-state index contributed by atoms with van der Waals surface area (Å²) in [5.41, 5.74) is 5.31. The van der Waals surface area contributed by atoms with Gasteiger partial charge in [-0.05, 0) is 91.3 Å². The zero-order valence-electron chi connectivity index (χ0n) is 21.0. The van der Waals surface area contributed by atoms with Crippen LogP contribution >= 0.6 is 0 Å². The van der Waals surface area contributed by atoms with Crippen LogP contribution in [0.2, 0.25) is 0 Å². The molecule has 196 valence electrons. The lowest BCUT2D eigenvalue weighted by Gasteiger charge is -2.63. The van der Waals surface area contributed by atoms with Gasteiger partial charge in [0.25, 0.3) is 10.1 Å². The molecule has 11 atom stereocenters. The lowest BCUT2D eigenvalue weighted by molar-refractivity contribution is -0.201. The molecule has 4 saturated carbocycles. The van der Waals surface area contributed by atoms with E-state index in [0.717, 1.165) is 25.7 Å². The van der Waals surface area contributed by atoms with Crippen molar-refractivity contribution < 1.29 is 28.0 Å². The number of carbonyl (C=O) groups excluding carboxylic acids is 1. The maximum Gasteiger partial charge on any atom is 0.276 e. The Morgan fingerprint density at radius 2 is 1.79 bits per heavy atom. The summed E-state index contributed by atoms with van der Waals surface area (Å²) in [4.78, 5) is 12.5. The quantitative estimate of drug-likeness (QED) is 0.395. The third-order valence-electron chi connectivity index (χ3n) is 11.2. The minimum Gasteiger partial charge on any atom is -0.393 e. The molecule has 0 aromatic rings. The average Bonchev–Trinajstić information content (AvgIpc) is 3.11. The van der Waals surface area contributed by atoms with E-state index in [0.29, 0.717) is 18.3 Å². The minimum atomic E-state index is -4.50. The minimum absolute atomic E-state index is 0.0462. The van der Waals surface area contributed by atoms with Crippen LogP contribution in [0.1, 0.15) is 85.0 Å². The molecule has 0 bridgehead atoms. The Kier molecular flexibility index (Phi) is 7.33.